The maximum atomic E-state index is 12.9. The van der Waals surface area contributed by atoms with Gasteiger partial charge < -0.3 is 14.8 Å². The number of imide groups is 1. The molecule has 0 unspecified atom stereocenters. The lowest BCUT2D eigenvalue weighted by molar-refractivity contribution is -0.123. The van der Waals surface area contributed by atoms with Crippen LogP contribution in [-0.4, -0.2) is 23.4 Å². The topological polar surface area (TPSA) is 67.9 Å². The molecule has 0 radical (unpaired) electrons. The fourth-order valence-electron chi connectivity index (χ4n) is 3.50. The molecule has 7 heteroatoms. The van der Waals surface area contributed by atoms with E-state index in [0.29, 0.717) is 35.3 Å². The van der Waals surface area contributed by atoms with Gasteiger partial charge in [0.05, 0.1) is 13.2 Å². The van der Waals surface area contributed by atoms with Crippen molar-refractivity contribution in [3.05, 3.63) is 99.7 Å². The van der Waals surface area contributed by atoms with Crippen molar-refractivity contribution in [3.63, 3.8) is 0 Å². The number of carbonyl (C=O) groups excluding carboxylic acids is 2. The number of aryl methyl sites for hydroxylation is 1. The lowest BCUT2D eigenvalue weighted by atomic mass is 10.1. The molecule has 174 valence electrons. The van der Waals surface area contributed by atoms with Crippen molar-refractivity contribution in [1.82, 2.24) is 10.2 Å². The first-order chi connectivity index (χ1) is 16.4. The normalized spacial score (nSPS) is 14.4. The van der Waals surface area contributed by atoms with Gasteiger partial charge in [0, 0.05) is 5.02 Å². The molecule has 0 bridgehead atoms. The highest BCUT2D eigenvalue weighted by Crippen LogP contribution is 2.30. The van der Waals surface area contributed by atoms with E-state index in [0.717, 1.165) is 16.7 Å². The number of urea groups is 1. The lowest BCUT2D eigenvalue weighted by Crippen LogP contribution is -2.30. The van der Waals surface area contributed by atoms with Gasteiger partial charge in [-0.05, 0) is 60.9 Å². The Morgan fingerprint density at radius 3 is 2.32 bits per heavy atom. The third-order valence-electron chi connectivity index (χ3n) is 5.31. The summed E-state index contributed by atoms with van der Waals surface area (Å²) in [5.41, 5.74) is 3.91. The van der Waals surface area contributed by atoms with E-state index in [1.54, 1.807) is 18.2 Å². The highest BCUT2D eigenvalue weighted by atomic mass is 35.5. The van der Waals surface area contributed by atoms with Gasteiger partial charge in [-0.1, -0.05) is 59.6 Å². The zero-order valence-corrected chi connectivity index (χ0v) is 19.8. The fraction of sp³-hybridized carbons (Fsp3) is 0.185. The number of hydrogen-bond acceptors (Lipinski definition) is 4. The Kier molecular flexibility index (Phi) is 7.18. The quantitative estimate of drug-likeness (QED) is 0.333. The maximum Gasteiger partial charge on any atom is 0.329 e. The van der Waals surface area contributed by atoms with Crippen molar-refractivity contribution < 1.29 is 19.1 Å². The van der Waals surface area contributed by atoms with Gasteiger partial charge in [0.1, 0.15) is 12.3 Å². The van der Waals surface area contributed by atoms with E-state index in [9.17, 15) is 9.59 Å². The predicted octanol–water partition coefficient (Wildman–Crippen LogP) is 5.72. The average Bonchev–Trinajstić information content (AvgIpc) is 3.08. The molecule has 0 saturated carbocycles. The zero-order chi connectivity index (χ0) is 24.1. The Labute approximate surface area is 203 Å². The van der Waals surface area contributed by atoms with Gasteiger partial charge in [0.2, 0.25) is 0 Å². The second-order valence-corrected chi connectivity index (χ2v) is 8.36. The van der Waals surface area contributed by atoms with Gasteiger partial charge in [0.25, 0.3) is 5.91 Å². The molecule has 0 aromatic heterocycles. The number of nitrogens with one attached hydrogen (secondary N) is 1. The van der Waals surface area contributed by atoms with E-state index in [1.807, 2.05) is 68.4 Å². The molecule has 4 rings (SSSR count). The Balaban J connectivity index is 1.49. The number of ether oxygens (including phenoxy) is 2. The number of hydrogen-bond donors (Lipinski definition) is 1. The minimum atomic E-state index is -0.440. The van der Waals surface area contributed by atoms with Crippen LogP contribution in [0, 0.1) is 6.92 Å². The molecule has 1 saturated heterocycles. The summed E-state index contributed by atoms with van der Waals surface area (Å²) in [6.07, 6.45) is 1.64. The van der Waals surface area contributed by atoms with Crippen molar-refractivity contribution in [1.29, 1.82) is 0 Å². The molecule has 0 atom stereocenters. The lowest BCUT2D eigenvalue weighted by Gasteiger charge is -2.13. The van der Waals surface area contributed by atoms with E-state index in [2.05, 4.69) is 5.32 Å². The van der Waals surface area contributed by atoms with Crippen LogP contribution in [0.2, 0.25) is 5.02 Å². The molecule has 1 N–H and O–H groups in total. The monoisotopic (exact) mass is 476 g/mol. The van der Waals surface area contributed by atoms with Gasteiger partial charge in [0.15, 0.2) is 11.5 Å². The first kappa shape index (κ1) is 23.4. The molecule has 0 aliphatic carbocycles. The third-order valence-corrected chi connectivity index (χ3v) is 5.56. The van der Waals surface area contributed by atoms with E-state index in [1.165, 1.54) is 4.90 Å². The van der Waals surface area contributed by atoms with Crippen LogP contribution in [0.25, 0.3) is 6.08 Å². The van der Waals surface area contributed by atoms with Gasteiger partial charge in [-0.2, -0.15) is 0 Å². The van der Waals surface area contributed by atoms with E-state index in [-0.39, 0.29) is 18.1 Å². The molecule has 1 aliphatic rings. The Morgan fingerprint density at radius 1 is 0.912 bits per heavy atom. The molecule has 3 amide bonds. The molecule has 3 aromatic rings. The van der Waals surface area contributed by atoms with Crippen molar-refractivity contribution in [2.45, 2.75) is 27.0 Å². The van der Waals surface area contributed by atoms with E-state index in [4.69, 9.17) is 21.1 Å². The second kappa shape index (κ2) is 10.4. The number of nitrogens with zero attached hydrogens (tertiary/aromatic N) is 1. The summed E-state index contributed by atoms with van der Waals surface area (Å²) in [5.74, 6) is 0.771. The Bertz CT molecular complexity index is 1220. The molecule has 1 fully saturated rings. The number of carbonyl (C=O) groups is 2. The number of amides is 3. The summed E-state index contributed by atoms with van der Waals surface area (Å²) < 4.78 is 11.7. The molecule has 34 heavy (non-hydrogen) atoms. The third kappa shape index (κ3) is 5.58. The van der Waals surface area contributed by atoms with Crippen molar-refractivity contribution in [2.75, 3.05) is 6.61 Å². The first-order valence-corrected chi connectivity index (χ1v) is 11.3. The highest BCUT2D eigenvalue weighted by molar-refractivity contribution is 6.30. The van der Waals surface area contributed by atoms with Gasteiger partial charge >= 0.3 is 6.03 Å². The maximum absolute atomic E-state index is 12.9. The Hall–Kier alpha value is -3.77. The molecule has 0 spiro atoms. The minimum absolute atomic E-state index is 0.212. The molecular weight excluding hydrogens is 452 g/mol. The standard InChI is InChI=1S/C27H25ClN2O4/c1-3-33-25-15-21(10-13-24(25)34-17-20-8-11-22(28)12-9-20)14-23-26(31)30(27(32)29-23)16-19-6-4-18(2)5-7-19/h4-15H,3,16-17H2,1-2H3,(H,29,32)/b23-14+. The fourth-order valence-corrected chi connectivity index (χ4v) is 3.63. The highest BCUT2D eigenvalue weighted by Gasteiger charge is 2.33. The minimum Gasteiger partial charge on any atom is -0.490 e. The Morgan fingerprint density at radius 2 is 1.62 bits per heavy atom. The predicted molar refractivity (Wildman–Crippen MR) is 132 cm³/mol. The van der Waals surface area contributed by atoms with Gasteiger partial charge in [-0.25, -0.2) is 4.79 Å². The van der Waals surface area contributed by atoms with Crippen LogP contribution in [0.4, 0.5) is 4.79 Å². The van der Waals surface area contributed by atoms with Gasteiger partial charge in [-0.15, -0.1) is 0 Å². The van der Waals surface area contributed by atoms with Crippen LogP contribution in [-0.2, 0) is 17.9 Å². The van der Waals surface area contributed by atoms with Crippen LogP contribution in [0.1, 0.15) is 29.2 Å². The first-order valence-electron chi connectivity index (χ1n) is 11.0. The molecule has 1 aliphatic heterocycles. The molecular formula is C27H25ClN2O4. The van der Waals surface area contributed by atoms with E-state index >= 15 is 0 Å². The van der Waals surface area contributed by atoms with Crippen LogP contribution in [0.3, 0.4) is 0 Å². The summed E-state index contributed by atoms with van der Waals surface area (Å²) in [7, 11) is 0. The largest absolute Gasteiger partial charge is 0.490 e. The zero-order valence-electron chi connectivity index (χ0n) is 19.0. The molecule has 6 nitrogen and oxygen atoms in total. The summed E-state index contributed by atoms with van der Waals surface area (Å²) >= 11 is 5.94. The number of halogens is 1. The second-order valence-electron chi connectivity index (χ2n) is 7.92. The summed E-state index contributed by atoms with van der Waals surface area (Å²) in [4.78, 5) is 26.5. The summed E-state index contributed by atoms with van der Waals surface area (Å²) in [6.45, 7) is 4.90. The molecule has 3 aromatic carbocycles. The summed E-state index contributed by atoms with van der Waals surface area (Å²) in [6, 6.07) is 20.1. The van der Waals surface area contributed by atoms with Gasteiger partial charge in [-0.3, -0.25) is 9.69 Å². The van der Waals surface area contributed by atoms with Crippen LogP contribution >= 0.6 is 11.6 Å². The smallest absolute Gasteiger partial charge is 0.329 e. The van der Waals surface area contributed by atoms with Crippen LogP contribution < -0.4 is 14.8 Å². The van der Waals surface area contributed by atoms with Crippen LogP contribution in [0.15, 0.2) is 72.4 Å². The molecule has 1 heterocycles. The SMILES string of the molecule is CCOc1cc(/C=C2/NC(=O)N(Cc3ccc(C)cc3)C2=O)ccc1OCc1ccc(Cl)cc1. The van der Waals surface area contributed by atoms with E-state index < -0.39 is 6.03 Å². The van der Waals surface area contributed by atoms with Crippen molar-refractivity contribution >= 4 is 29.6 Å². The number of rotatable bonds is 8. The van der Waals surface area contributed by atoms with Crippen molar-refractivity contribution in [3.8, 4) is 11.5 Å². The summed E-state index contributed by atoms with van der Waals surface area (Å²) in [5, 5.41) is 3.34. The van der Waals surface area contributed by atoms with Crippen molar-refractivity contribution in [2.24, 2.45) is 0 Å². The average molecular weight is 477 g/mol. The number of benzene rings is 3. The van der Waals surface area contributed by atoms with Crippen LogP contribution in [0.5, 0.6) is 11.5 Å².